The van der Waals surface area contributed by atoms with Crippen molar-refractivity contribution in [3.05, 3.63) is 100 Å². The van der Waals surface area contributed by atoms with E-state index < -0.39 is 6.04 Å². The normalized spacial score (nSPS) is 14.9. The summed E-state index contributed by atoms with van der Waals surface area (Å²) in [6, 6.07) is 20.5. The summed E-state index contributed by atoms with van der Waals surface area (Å²) >= 11 is 1.30. The van der Waals surface area contributed by atoms with Crippen LogP contribution in [0.15, 0.2) is 83.0 Å². The number of allylic oxidation sites excluding steroid dienone is 1. The van der Waals surface area contributed by atoms with Gasteiger partial charge in [0.25, 0.3) is 5.91 Å². The summed E-state index contributed by atoms with van der Waals surface area (Å²) in [7, 11) is 1.62. The minimum absolute atomic E-state index is 0.130. The first-order valence-corrected chi connectivity index (χ1v) is 13.3. The Morgan fingerprint density at radius 2 is 1.71 bits per heavy atom. The molecule has 0 saturated carbocycles. The number of thioether (sulfide) groups is 1. The molecule has 0 spiro atoms. The summed E-state index contributed by atoms with van der Waals surface area (Å²) in [4.78, 5) is 31.0. The van der Waals surface area contributed by atoms with Gasteiger partial charge >= 0.3 is 0 Å². The molecule has 1 atom stereocenters. The van der Waals surface area contributed by atoms with E-state index in [2.05, 4.69) is 16.0 Å². The molecule has 3 aromatic rings. The number of amidine groups is 1. The highest BCUT2D eigenvalue weighted by Gasteiger charge is 2.30. The molecule has 0 saturated heterocycles. The molecule has 1 aliphatic heterocycles. The van der Waals surface area contributed by atoms with Crippen LogP contribution in [0.1, 0.15) is 35.2 Å². The molecule has 3 N–H and O–H groups in total. The van der Waals surface area contributed by atoms with Crippen molar-refractivity contribution in [3.8, 4) is 5.75 Å². The Kier molecular flexibility index (Phi) is 8.53. The summed E-state index contributed by atoms with van der Waals surface area (Å²) in [6.45, 7) is 7.81. The molecule has 1 heterocycles. The van der Waals surface area contributed by atoms with E-state index in [1.807, 2.05) is 94.4 Å². The van der Waals surface area contributed by atoms with Gasteiger partial charge in [-0.15, -0.1) is 0 Å². The molecule has 2 amide bonds. The molecular formula is C30H32N4O3S. The largest absolute Gasteiger partial charge is 0.496 e. The van der Waals surface area contributed by atoms with Crippen LogP contribution in [0, 0.1) is 20.8 Å². The number of rotatable bonds is 7. The van der Waals surface area contributed by atoms with Crippen molar-refractivity contribution < 1.29 is 14.3 Å². The van der Waals surface area contributed by atoms with Crippen molar-refractivity contribution in [2.45, 2.75) is 33.7 Å². The van der Waals surface area contributed by atoms with Gasteiger partial charge in [-0.1, -0.05) is 59.8 Å². The number of nitrogens with zero attached hydrogens (tertiary/aromatic N) is 1. The van der Waals surface area contributed by atoms with Crippen molar-refractivity contribution in [2.75, 3.05) is 23.5 Å². The molecule has 0 unspecified atom stereocenters. The number of hydrogen-bond donors (Lipinski definition) is 3. The van der Waals surface area contributed by atoms with Gasteiger partial charge in [-0.05, 0) is 68.7 Å². The number of para-hydroxylation sites is 1. The first kappa shape index (κ1) is 27.0. The Labute approximate surface area is 227 Å². The van der Waals surface area contributed by atoms with Crippen LogP contribution in [0.5, 0.6) is 5.75 Å². The number of benzene rings is 3. The second-order valence-electron chi connectivity index (χ2n) is 9.20. The Bertz CT molecular complexity index is 1420. The zero-order valence-corrected chi connectivity index (χ0v) is 23.0. The number of carbonyl (C=O) groups is 2. The van der Waals surface area contributed by atoms with E-state index in [0.717, 1.165) is 33.7 Å². The molecule has 1 aliphatic rings. The summed E-state index contributed by atoms with van der Waals surface area (Å²) in [5, 5.41) is 9.75. The molecule has 0 fully saturated rings. The van der Waals surface area contributed by atoms with Crippen LogP contribution < -0.4 is 20.7 Å². The van der Waals surface area contributed by atoms with E-state index in [4.69, 9.17) is 9.73 Å². The highest BCUT2D eigenvalue weighted by molar-refractivity contribution is 8.14. The highest BCUT2D eigenvalue weighted by Crippen LogP contribution is 2.35. The Balaban J connectivity index is 1.57. The zero-order chi connectivity index (χ0) is 27.2. The molecule has 0 bridgehead atoms. The van der Waals surface area contributed by atoms with Crippen molar-refractivity contribution in [1.82, 2.24) is 5.32 Å². The monoisotopic (exact) mass is 528 g/mol. The maximum absolute atomic E-state index is 13.4. The topological polar surface area (TPSA) is 91.8 Å². The van der Waals surface area contributed by atoms with Crippen molar-refractivity contribution >= 4 is 40.1 Å². The smallest absolute Gasteiger partial charge is 0.255 e. The number of amides is 2. The second kappa shape index (κ2) is 12.0. The van der Waals surface area contributed by atoms with Gasteiger partial charge in [-0.3, -0.25) is 9.59 Å². The Hall–Kier alpha value is -4.04. The van der Waals surface area contributed by atoms with E-state index >= 15 is 0 Å². The number of carbonyl (C=O) groups excluding carboxylic acids is 2. The van der Waals surface area contributed by atoms with E-state index in [0.29, 0.717) is 22.1 Å². The number of hydrogen-bond acceptors (Lipinski definition) is 6. The third-order valence-corrected chi connectivity index (χ3v) is 7.13. The Morgan fingerprint density at radius 3 is 2.42 bits per heavy atom. The van der Waals surface area contributed by atoms with Crippen LogP contribution in [-0.4, -0.2) is 29.8 Å². The third-order valence-electron chi connectivity index (χ3n) is 6.24. The molecule has 3 aromatic carbocycles. The fourth-order valence-corrected chi connectivity index (χ4v) is 5.00. The third kappa shape index (κ3) is 6.44. The quantitative estimate of drug-likeness (QED) is 0.355. The molecule has 4 rings (SSSR count). The lowest BCUT2D eigenvalue weighted by molar-refractivity contribution is -0.114. The fourth-order valence-electron chi connectivity index (χ4n) is 4.26. The van der Waals surface area contributed by atoms with Crippen molar-refractivity contribution in [3.63, 3.8) is 0 Å². The summed E-state index contributed by atoms with van der Waals surface area (Å²) in [6.07, 6.45) is 0. The second-order valence-corrected chi connectivity index (χ2v) is 10.2. The first-order chi connectivity index (χ1) is 18.2. The van der Waals surface area contributed by atoms with Crippen molar-refractivity contribution in [2.24, 2.45) is 4.99 Å². The van der Waals surface area contributed by atoms with Crippen LogP contribution in [0.4, 0.5) is 11.4 Å². The molecule has 0 aliphatic carbocycles. The highest BCUT2D eigenvalue weighted by atomic mass is 32.2. The van der Waals surface area contributed by atoms with E-state index in [1.165, 1.54) is 11.8 Å². The zero-order valence-electron chi connectivity index (χ0n) is 22.2. The molecule has 196 valence electrons. The number of anilines is 2. The van der Waals surface area contributed by atoms with E-state index in [9.17, 15) is 9.59 Å². The predicted molar refractivity (Wildman–Crippen MR) is 156 cm³/mol. The number of ether oxygens (including phenoxy) is 1. The number of aliphatic imine (C=N–C) groups is 1. The lowest BCUT2D eigenvalue weighted by atomic mass is 9.94. The average molecular weight is 529 g/mol. The number of nitrogens with one attached hydrogen (secondary N) is 3. The lowest BCUT2D eigenvalue weighted by Gasteiger charge is -2.27. The summed E-state index contributed by atoms with van der Waals surface area (Å²) in [5.74, 6) is 0.515. The average Bonchev–Trinajstić information content (AvgIpc) is 2.89. The fraction of sp³-hybridized carbons (Fsp3) is 0.233. The molecular weight excluding hydrogens is 496 g/mol. The van der Waals surface area contributed by atoms with Crippen LogP contribution in [0.25, 0.3) is 0 Å². The van der Waals surface area contributed by atoms with Gasteiger partial charge in [0, 0.05) is 17.1 Å². The van der Waals surface area contributed by atoms with Gasteiger partial charge in [0.2, 0.25) is 5.91 Å². The van der Waals surface area contributed by atoms with Crippen LogP contribution >= 0.6 is 11.8 Å². The van der Waals surface area contributed by atoms with Gasteiger partial charge < -0.3 is 20.7 Å². The molecule has 8 heteroatoms. The minimum atomic E-state index is -0.570. The van der Waals surface area contributed by atoms with E-state index in [1.54, 1.807) is 7.11 Å². The van der Waals surface area contributed by atoms with Crippen LogP contribution in [0.3, 0.4) is 0 Å². The van der Waals surface area contributed by atoms with Crippen LogP contribution in [0.2, 0.25) is 0 Å². The number of methoxy groups -OCH3 is 1. The molecule has 7 nitrogen and oxygen atoms in total. The van der Waals surface area contributed by atoms with Gasteiger partial charge in [0.1, 0.15) is 11.8 Å². The van der Waals surface area contributed by atoms with Crippen molar-refractivity contribution in [1.29, 1.82) is 0 Å². The van der Waals surface area contributed by atoms with E-state index in [-0.39, 0.29) is 17.6 Å². The lowest BCUT2D eigenvalue weighted by Crippen LogP contribution is -2.32. The Morgan fingerprint density at radius 1 is 0.947 bits per heavy atom. The maximum atomic E-state index is 13.4. The minimum Gasteiger partial charge on any atom is -0.496 e. The maximum Gasteiger partial charge on any atom is 0.255 e. The first-order valence-electron chi connectivity index (χ1n) is 12.3. The summed E-state index contributed by atoms with van der Waals surface area (Å²) in [5.41, 5.74) is 6.64. The standard InChI is InChI=1S/C30H32N4O3S/c1-18-11-14-24(20(3)15-18)33-26(35)17-38-30-31-21(4)27(29(36)32-23-9-7-6-8-10-23)28(34-30)22-13-12-19(2)25(16-22)37-5/h6-16,28H,17H2,1-5H3,(H,31,34)(H,32,36)(H,33,35)/t28-/m1/s1. The molecule has 0 aromatic heterocycles. The van der Waals surface area contributed by atoms with Gasteiger partial charge in [-0.25, -0.2) is 4.99 Å². The number of aryl methyl sites for hydroxylation is 3. The van der Waals surface area contributed by atoms with Crippen LogP contribution in [-0.2, 0) is 9.59 Å². The van der Waals surface area contributed by atoms with Gasteiger partial charge in [0.05, 0.1) is 18.4 Å². The van der Waals surface area contributed by atoms with Gasteiger partial charge in [0.15, 0.2) is 5.17 Å². The summed E-state index contributed by atoms with van der Waals surface area (Å²) < 4.78 is 5.54. The molecule has 38 heavy (non-hydrogen) atoms. The predicted octanol–water partition coefficient (Wildman–Crippen LogP) is 5.91. The van der Waals surface area contributed by atoms with Gasteiger partial charge in [-0.2, -0.15) is 0 Å². The molecule has 0 radical (unpaired) electrons. The SMILES string of the molecule is COc1cc([C@H]2N=C(SCC(=O)Nc3ccc(C)cc3C)NC(C)=C2C(=O)Nc2ccccc2)ccc1C.